The summed E-state index contributed by atoms with van der Waals surface area (Å²) in [6.07, 6.45) is 0. The van der Waals surface area contributed by atoms with Gasteiger partial charge < -0.3 is 5.32 Å². The maximum atomic E-state index is 6.15. The van der Waals surface area contributed by atoms with Gasteiger partial charge in [0.15, 0.2) is 0 Å². The lowest BCUT2D eigenvalue weighted by Gasteiger charge is -2.13. The van der Waals surface area contributed by atoms with Crippen LogP contribution in [0.1, 0.15) is 13.8 Å². The molecule has 0 fully saturated rings. The number of hydrogen-bond acceptors (Lipinski definition) is 3. The van der Waals surface area contributed by atoms with Crippen molar-refractivity contribution in [2.45, 2.75) is 19.9 Å². The van der Waals surface area contributed by atoms with Gasteiger partial charge in [0.25, 0.3) is 0 Å². The van der Waals surface area contributed by atoms with Crippen molar-refractivity contribution in [3.63, 3.8) is 0 Å². The molecular weight excluding hydrogens is 281 g/mol. The van der Waals surface area contributed by atoms with Crippen molar-refractivity contribution >= 4 is 51.5 Å². The average Bonchev–Trinajstić information content (AvgIpc) is 2.22. The second kappa shape index (κ2) is 4.84. The summed E-state index contributed by atoms with van der Waals surface area (Å²) < 4.78 is 0. The van der Waals surface area contributed by atoms with Crippen molar-refractivity contribution in [2.75, 3.05) is 5.32 Å². The number of nitrogens with zero attached hydrogens (tertiary/aromatic N) is 2. The Labute approximate surface area is 114 Å². The predicted octanol–water partition coefficient (Wildman–Crippen LogP) is 4.41. The van der Waals surface area contributed by atoms with Gasteiger partial charge in [0, 0.05) is 6.04 Å². The van der Waals surface area contributed by atoms with E-state index in [1.807, 2.05) is 13.8 Å². The van der Waals surface area contributed by atoms with E-state index in [0.717, 1.165) is 0 Å². The molecule has 1 heterocycles. The first-order chi connectivity index (χ1) is 7.99. The van der Waals surface area contributed by atoms with Crippen LogP contribution in [0.25, 0.3) is 10.9 Å². The summed E-state index contributed by atoms with van der Waals surface area (Å²) in [6, 6.07) is 3.61. The van der Waals surface area contributed by atoms with Crippen LogP contribution >= 0.6 is 34.8 Å². The largest absolute Gasteiger partial charge is 0.367 e. The molecule has 0 amide bonds. The Kier molecular flexibility index (Phi) is 3.61. The molecule has 90 valence electrons. The zero-order valence-electron chi connectivity index (χ0n) is 9.26. The minimum Gasteiger partial charge on any atom is -0.367 e. The third-order valence-electron chi connectivity index (χ3n) is 2.15. The van der Waals surface area contributed by atoms with Crippen molar-refractivity contribution in [3.8, 4) is 0 Å². The standard InChI is InChI=1S/C11H10Cl3N3/c1-5(2)15-10-8-6(12)3-4-7(13)9(8)16-11(14)17-10/h3-5H,1-2H3,(H,15,16,17). The van der Waals surface area contributed by atoms with Crippen LogP contribution in [-0.2, 0) is 0 Å². The lowest BCUT2D eigenvalue weighted by atomic mass is 10.2. The van der Waals surface area contributed by atoms with Gasteiger partial charge in [0.05, 0.1) is 20.9 Å². The van der Waals surface area contributed by atoms with Gasteiger partial charge in [0.1, 0.15) is 5.82 Å². The zero-order valence-corrected chi connectivity index (χ0v) is 11.5. The van der Waals surface area contributed by atoms with E-state index in [1.165, 1.54) is 0 Å². The molecule has 17 heavy (non-hydrogen) atoms. The number of hydrogen-bond donors (Lipinski definition) is 1. The summed E-state index contributed by atoms with van der Waals surface area (Å²) in [5, 5.41) is 5.06. The van der Waals surface area contributed by atoms with Gasteiger partial charge in [0.2, 0.25) is 5.28 Å². The van der Waals surface area contributed by atoms with Crippen molar-refractivity contribution in [2.24, 2.45) is 0 Å². The Hall–Kier alpha value is -0.770. The van der Waals surface area contributed by atoms with Gasteiger partial charge in [-0.2, -0.15) is 0 Å². The fraction of sp³-hybridized carbons (Fsp3) is 0.273. The number of aromatic nitrogens is 2. The SMILES string of the molecule is CC(C)Nc1nc(Cl)nc2c(Cl)ccc(Cl)c12. The lowest BCUT2D eigenvalue weighted by molar-refractivity contribution is 0.890. The highest BCUT2D eigenvalue weighted by molar-refractivity contribution is 6.41. The first kappa shape index (κ1) is 12.7. The minimum absolute atomic E-state index is 0.143. The molecule has 2 aromatic rings. The van der Waals surface area contributed by atoms with Crippen LogP contribution in [0.2, 0.25) is 15.3 Å². The van der Waals surface area contributed by atoms with Crippen LogP contribution in [0.5, 0.6) is 0 Å². The van der Waals surface area contributed by atoms with Crippen LogP contribution in [-0.4, -0.2) is 16.0 Å². The van der Waals surface area contributed by atoms with Crippen molar-refractivity contribution in [3.05, 3.63) is 27.5 Å². The Morgan fingerprint density at radius 2 is 1.71 bits per heavy atom. The average molecular weight is 291 g/mol. The molecule has 1 aromatic carbocycles. The molecule has 6 heteroatoms. The molecule has 0 unspecified atom stereocenters. The molecule has 0 aliphatic rings. The molecular formula is C11H10Cl3N3. The van der Waals surface area contributed by atoms with E-state index in [-0.39, 0.29) is 11.3 Å². The van der Waals surface area contributed by atoms with Crippen LogP contribution < -0.4 is 5.32 Å². The molecule has 0 bridgehead atoms. The highest BCUT2D eigenvalue weighted by Crippen LogP contribution is 2.33. The van der Waals surface area contributed by atoms with Gasteiger partial charge in [-0.3, -0.25) is 0 Å². The van der Waals surface area contributed by atoms with Gasteiger partial charge in [-0.1, -0.05) is 23.2 Å². The predicted molar refractivity (Wildman–Crippen MR) is 73.3 cm³/mol. The molecule has 0 radical (unpaired) electrons. The Bertz CT molecular complexity index is 569. The monoisotopic (exact) mass is 289 g/mol. The summed E-state index contributed by atoms with van der Waals surface area (Å²) in [4.78, 5) is 8.25. The van der Waals surface area contributed by atoms with Gasteiger partial charge >= 0.3 is 0 Å². The zero-order chi connectivity index (χ0) is 12.6. The lowest BCUT2D eigenvalue weighted by Crippen LogP contribution is -2.12. The molecule has 0 aliphatic carbocycles. The second-order valence-corrected chi connectivity index (χ2v) is 5.05. The van der Waals surface area contributed by atoms with Crippen LogP contribution in [0.4, 0.5) is 5.82 Å². The van der Waals surface area contributed by atoms with E-state index in [0.29, 0.717) is 26.8 Å². The topological polar surface area (TPSA) is 37.8 Å². The van der Waals surface area contributed by atoms with E-state index in [2.05, 4.69) is 15.3 Å². The van der Waals surface area contributed by atoms with Crippen LogP contribution in [0.3, 0.4) is 0 Å². The first-order valence-corrected chi connectivity index (χ1v) is 6.20. The van der Waals surface area contributed by atoms with Crippen LogP contribution in [0.15, 0.2) is 12.1 Å². The molecule has 0 aliphatic heterocycles. The smallest absolute Gasteiger partial charge is 0.224 e. The van der Waals surface area contributed by atoms with Gasteiger partial charge in [-0.25, -0.2) is 9.97 Å². The summed E-state index contributed by atoms with van der Waals surface area (Å²) in [5.41, 5.74) is 0.558. The van der Waals surface area contributed by atoms with Crippen LogP contribution in [0, 0.1) is 0 Å². The number of rotatable bonds is 2. The highest BCUT2D eigenvalue weighted by Gasteiger charge is 2.13. The molecule has 0 saturated heterocycles. The Morgan fingerprint density at radius 3 is 2.35 bits per heavy atom. The summed E-state index contributed by atoms with van der Waals surface area (Å²) in [6.45, 7) is 4.00. The van der Waals surface area contributed by atoms with Gasteiger partial charge in [-0.05, 0) is 37.6 Å². The maximum absolute atomic E-state index is 6.15. The molecule has 3 nitrogen and oxygen atoms in total. The third-order valence-corrected chi connectivity index (χ3v) is 2.94. The second-order valence-electron chi connectivity index (χ2n) is 3.89. The van der Waals surface area contributed by atoms with E-state index >= 15 is 0 Å². The van der Waals surface area contributed by atoms with Crippen molar-refractivity contribution in [1.82, 2.24) is 9.97 Å². The molecule has 2 rings (SSSR count). The van der Waals surface area contributed by atoms with E-state index in [9.17, 15) is 0 Å². The van der Waals surface area contributed by atoms with E-state index in [1.54, 1.807) is 12.1 Å². The van der Waals surface area contributed by atoms with Crippen molar-refractivity contribution in [1.29, 1.82) is 0 Å². The summed E-state index contributed by atoms with van der Waals surface area (Å²) >= 11 is 18.1. The molecule has 1 N–H and O–H groups in total. The normalized spacial score (nSPS) is 11.2. The summed E-state index contributed by atoms with van der Waals surface area (Å²) in [7, 11) is 0. The first-order valence-electron chi connectivity index (χ1n) is 5.07. The third kappa shape index (κ3) is 2.57. The molecule has 0 atom stereocenters. The molecule has 0 saturated carbocycles. The number of anilines is 1. The number of benzene rings is 1. The number of nitrogens with one attached hydrogen (secondary N) is 1. The Balaban J connectivity index is 2.77. The summed E-state index contributed by atoms with van der Waals surface area (Å²) in [5.74, 6) is 0.600. The molecule has 1 aromatic heterocycles. The fourth-order valence-corrected chi connectivity index (χ4v) is 2.13. The van der Waals surface area contributed by atoms with E-state index in [4.69, 9.17) is 34.8 Å². The molecule has 0 spiro atoms. The number of halogens is 3. The quantitative estimate of drug-likeness (QED) is 0.833. The Morgan fingerprint density at radius 1 is 1.06 bits per heavy atom. The maximum Gasteiger partial charge on any atom is 0.224 e. The van der Waals surface area contributed by atoms with Crippen molar-refractivity contribution < 1.29 is 0 Å². The van der Waals surface area contributed by atoms with Gasteiger partial charge in [-0.15, -0.1) is 0 Å². The highest BCUT2D eigenvalue weighted by atomic mass is 35.5. The van der Waals surface area contributed by atoms with E-state index < -0.39 is 0 Å². The number of fused-ring (bicyclic) bond motifs is 1. The fourth-order valence-electron chi connectivity index (χ4n) is 1.52. The minimum atomic E-state index is 0.143.